The van der Waals surface area contributed by atoms with E-state index in [1.807, 2.05) is 26.0 Å². The highest BCUT2D eigenvalue weighted by molar-refractivity contribution is 5.94. The monoisotopic (exact) mass is 343 g/mol. The second-order valence-electron chi connectivity index (χ2n) is 4.99. The standard InChI is InChI=1S/C16H25N3O3.ClH/c1-4-19(5-2)15(20)10-12-6-8-13(9-7-12)18-16(21)14(17)11-22-3;/h6-9,14H,4-5,10-11,17H2,1-3H3,(H,18,21);1H. The molecule has 1 atom stereocenters. The summed E-state index contributed by atoms with van der Waals surface area (Å²) < 4.78 is 4.84. The van der Waals surface area contributed by atoms with Gasteiger partial charge in [-0.1, -0.05) is 12.1 Å². The average molecular weight is 344 g/mol. The minimum Gasteiger partial charge on any atom is -0.383 e. The molecule has 3 N–H and O–H groups in total. The van der Waals surface area contributed by atoms with Crippen LogP contribution >= 0.6 is 12.4 Å². The number of anilines is 1. The first kappa shape index (κ1) is 21.4. The van der Waals surface area contributed by atoms with Crippen molar-refractivity contribution in [3.8, 4) is 0 Å². The van der Waals surface area contributed by atoms with Crippen molar-refractivity contribution in [2.75, 3.05) is 32.1 Å². The third-order valence-corrected chi connectivity index (χ3v) is 3.38. The fourth-order valence-electron chi connectivity index (χ4n) is 2.06. The Morgan fingerprint density at radius 1 is 1.22 bits per heavy atom. The zero-order valence-corrected chi connectivity index (χ0v) is 14.7. The van der Waals surface area contributed by atoms with Gasteiger partial charge in [-0.05, 0) is 31.5 Å². The molecule has 1 rings (SSSR count). The fraction of sp³-hybridized carbons (Fsp3) is 0.500. The van der Waals surface area contributed by atoms with Gasteiger partial charge in [0.15, 0.2) is 0 Å². The predicted octanol–water partition coefficient (Wildman–Crippen LogP) is 1.43. The summed E-state index contributed by atoms with van der Waals surface area (Å²) in [6.45, 7) is 5.51. The molecule has 6 nitrogen and oxygen atoms in total. The zero-order valence-electron chi connectivity index (χ0n) is 13.9. The van der Waals surface area contributed by atoms with E-state index in [4.69, 9.17) is 10.5 Å². The molecule has 0 fully saturated rings. The number of halogens is 1. The van der Waals surface area contributed by atoms with Gasteiger partial charge in [0, 0.05) is 25.9 Å². The lowest BCUT2D eigenvalue weighted by atomic mass is 10.1. The summed E-state index contributed by atoms with van der Waals surface area (Å²) in [7, 11) is 1.49. The number of ether oxygens (including phenoxy) is 1. The van der Waals surface area contributed by atoms with Crippen molar-refractivity contribution in [3.63, 3.8) is 0 Å². The molecule has 1 aromatic carbocycles. The van der Waals surface area contributed by atoms with Crippen LogP contribution < -0.4 is 11.1 Å². The molecule has 2 amide bonds. The number of carbonyl (C=O) groups excluding carboxylic acids is 2. The maximum atomic E-state index is 12.0. The van der Waals surface area contributed by atoms with Gasteiger partial charge in [0.2, 0.25) is 11.8 Å². The van der Waals surface area contributed by atoms with Gasteiger partial charge in [0.25, 0.3) is 0 Å². The molecule has 7 heteroatoms. The Bertz CT molecular complexity index is 490. The Morgan fingerprint density at radius 2 is 1.78 bits per heavy atom. The number of amides is 2. The lowest BCUT2D eigenvalue weighted by Gasteiger charge is -2.18. The Kier molecular flexibility index (Phi) is 10.2. The molecule has 0 aliphatic heterocycles. The molecule has 0 aromatic heterocycles. The van der Waals surface area contributed by atoms with Crippen LogP contribution in [0.5, 0.6) is 0 Å². The van der Waals surface area contributed by atoms with E-state index >= 15 is 0 Å². The number of rotatable bonds is 8. The SMILES string of the molecule is CCN(CC)C(=O)Cc1ccc(NC(=O)C(N)COC)cc1.Cl. The lowest BCUT2D eigenvalue weighted by Crippen LogP contribution is -2.39. The predicted molar refractivity (Wildman–Crippen MR) is 93.8 cm³/mol. The average Bonchev–Trinajstić information content (AvgIpc) is 2.50. The largest absolute Gasteiger partial charge is 0.383 e. The van der Waals surface area contributed by atoms with E-state index in [-0.39, 0.29) is 30.8 Å². The highest BCUT2D eigenvalue weighted by Crippen LogP contribution is 2.11. The molecule has 0 spiro atoms. The molecule has 23 heavy (non-hydrogen) atoms. The molecule has 130 valence electrons. The van der Waals surface area contributed by atoms with Crippen molar-refractivity contribution in [2.45, 2.75) is 26.3 Å². The van der Waals surface area contributed by atoms with Gasteiger partial charge < -0.3 is 20.7 Å². The Hall–Kier alpha value is -1.63. The minimum absolute atomic E-state index is 0. The Morgan fingerprint density at radius 3 is 2.26 bits per heavy atom. The van der Waals surface area contributed by atoms with Crippen molar-refractivity contribution in [1.82, 2.24) is 4.90 Å². The molecule has 0 aliphatic carbocycles. The van der Waals surface area contributed by atoms with Gasteiger partial charge in [-0.2, -0.15) is 0 Å². The second kappa shape index (κ2) is 11.0. The Balaban J connectivity index is 0.00000484. The first-order chi connectivity index (χ1) is 10.5. The molecule has 0 bridgehead atoms. The molecule has 1 unspecified atom stereocenters. The van der Waals surface area contributed by atoms with E-state index in [1.165, 1.54) is 7.11 Å². The van der Waals surface area contributed by atoms with Gasteiger partial charge in [0.1, 0.15) is 6.04 Å². The Labute approximate surface area is 143 Å². The van der Waals surface area contributed by atoms with E-state index in [0.29, 0.717) is 25.2 Å². The lowest BCUT2D eigenvalue weighted by molar-refractivity contribution is -0.130. The molecular weight excluding hydrogens is 318 g/mol. The quantitative estimate of drug-likeness (QED) is 0.747. The first-order valence-electron chi connectivity index (χ1n) is 7.43. The normalized spacial score (nSPS) is 11.3. The summed E-state index contributed by atoms with van der Waals surface area (Å²) in [5, 5.41) is 2.71. The van der Waals surface area contributed by atoms with Crippen LogP contribution in [0.2, 0.25) is 0 Å². The van der Waals surface area contributed by atoms with Gasteiger partial charge >= 0.3 is 0 Å². The van der Waals surface area contributed by atoms with Crippen LogP contribution in [-0.4, -0.2) is 49.6 Å². The van der Waals surface area contributed by atoms with Crippen molar-refractivity contribution in [1.29, 1.82) is 0 Å². The summed E-state index contributed by atoms with van der Waals surface area (Å²) in [6.07, 6.45) is 0.360. The molecule has 0 heterocycles. The molecule has 0 saturated heterocycles. The van der Waals surface area contributed by atoms with E-state index in [0.717, 1.165) is 5.56 Å². The summed E-state index contributed by atoms with van der Waals surface area (Å²) in [6, 6.07) is 6.50. The van der Waals surface area contributed by atoms with Crippen molar-refractivity contribution < 1.29 is 14.3 Å². The van der Waals surface area contributed by atoms with Crippen LogP contribution in [0.15, 0.2) is 24.3 Å². The van der Waals surface area contributed by atoms with Crippen molar-refractivity contribution in [2.24, 2.45) is 5.73 Å². The highest BCUT2D eigenvalue weighted by Gasteiger charge is 2.13. The summed E-state index contributed by atoms with van der Waals surface area (Å²) in [4.78, 5) is 25.6. The number of nitrogens with zero attached hydrogens (tertiary/aromatic N) is 1. The van der Waals surface area contributed by atoms with Crippen LogP contribution in [0.3, 0.4) is 0 Å². The number of carbonyl (C=O) groups is 2. The van der Waals surface area contributed by atoms with Gasteiger partial charge in [-0.25, -0.2) is 0 Å². The van der Waals surface area contributed by atoms with E-state index in [1.54, 1.807) is 17.0 Å². The maximum absolute atomic E-state index is 12.0. The molecule has 1 aromatic rings. The summed E-state index contributed by atoms with van der Waals surface area (Å²) in [5.41, 5.74) is 7.21. The summed E-state index contributed by atoms with van der Waals surface area (Å²) in [5.74, 6) is -0.197. The van der Waals surface area contributed by atoms with Crippen LogP contribution in [0.4, 0.5) is 5.69 Å². The van der Waals surface area contributed by atoms with Crippen LogP contribution in [-0.2, 0) is 20.7 Å². The molecule has 0 aliphatic rings. The second-order valence-corrected chi connectivity index (χ2v) is 4.99. The maximum Gasteiger partial charge on any atom is 0.243 e. The topological polar surface area (TPSA) is 84.7 Å². The number of hydrogen-bond donors (Lipinski definition) is 2. The van der Waals surface area contributed by atoms with Crippen LogP contribution in [0.25, 0.3) is 0 Å². The smallest absolute Gasteiger partial charge is 0.243 e. The van der Waals surface area contributed by atoms with E-state index in [9.17, 15) is 9.59 Å². The zero-order chi connectivity index (χ0) is 16.5. The number of likely N-dealkylation sites (N-methyl/N-ethyl adjacent to an activating group) is 1. The molecular formula is C16H26ClN3O3. The highest BCUT2D eigenvalue weighted by atomic mass is 35.5. The van der Waals surface area contributed by atoms with Crippen LogP contribution in [0, 0.1) is 0 Å². The molecule has 0 saturated carbocycles. The van der Waals surface area contributed by atoms with E-state index < -0.39 is 6.04 Å². The number of methoxy groups -OCH3 is 1. The summed E-state index contributed by atoms with van der Waals surface area (Å²) >= 11 is 0. The van der Waals surface area contributed by atoms with Crippen molar-refractivity contribution in [3.05, 3.63) is 29.8 Å². The minimum atomic E-state index is -0.700. The van der Waals surface area contributed by atoms with Crippen molar-refractivity contribution >= 4 is 29.9 Å². The van der Waals surface area contributed by atoms with Crippen LogP contribution in [0.1, 0.15) is 19.4 Å². The van der Waals surface area contributed by atoms with Gasteiger partial charge in [-0.15, -0.1) is 12.4 Å². The number of nitrogens with one attached hydrogen (secondary N) is 1. The number of hydrogen-bond acceptors (Lipinski definition) is 4. The first-order valence-corrected chi connectivity index (χ1v) is 7.43. The van der Waals surface area contributed by atoms with Gasteiger partial charge in [0.05, 0.1) is 13.0 Å². The molecule has 0 radical (unpaired) electrons. The fourth-order valence-corrected chi connectivity index (χ4v) is 2.06. The third-order valence-electron chi connectivity index (χ3n) is 3.38. The van der Waals surface area contributed by atoms with E-state index in [2.05, 4.69) is 5.32 Å². The third kappa shape index (κ3) is 6.99. The van der Waals surface area contributed by atoms with Gasteiger partial charge in [-0.3, -0.25) is 9.59 Å². The number of nitrogens with two attached hydrogens (primary N) is 1. The number of benzene rings is 1.